The number of carbonyl (C=O) groups is 1. The largest absolute Gasteiger partial charge is 0.350 e. The monoisotopic (exact) mass is 258 g/mol. The second-order valence-electron chi connectivity index (χ2n) is 4.68. The highest BCUT2D eigenvalue weighted by Crippen LogP contribution is 2.47. The summed E-state index contributed by atoms with van der Waals surface area (Å²) in [5, 5.41) is 4.95. The van der Waals surface area contributed by atoms with Crippen LogP contribution in [0.1, 0.15) is 28.1 Å². The van der Waals surface area contributed by atoms with Crippen LogP contribution in [0.25, 0.3) is 0 Å². The lowest BCUT2D eigenvalue weighted by molar-refractivity contribution is 0.0954. The topological polar surface area (TPSA) is 42.0 Å². The average Bonchev–Trinajstić information content (AvgIpc) is 3.01. The maximum atomic E-state index is 11.9. The summed E-state index contributed by atoms with van der Waals surface area (Å²) in [6, 6.07) is 7.80. The minimum absolute atomic E-state index is 0.0279. The second-order valence-corrected chi connectivity index (χ2v) is 5.63. The first-order valence-electron chi connectivity index (χ1n) is 6.02. The molecule has 0 aliphatic heterocycles. The van der Waals surface area contributed by atoms with E-state index in [0.29, 0.717) is 6.54 Å². The van der Waals surface area contributed by atoms with Gasteiger partial charge in [-0.25, -0.2) is 0 Å². The Bertz CT molecular complexity index is 532. The summed E-state index contributed by atoms with van der Waals surface area (Å²) in [6.07, 6.45) is 5.95. The lowest BCUT2D eigenvalue weighted by atomic mass is 9.98. The van der Waals surface area contributed by atoms with Crippen LogP contribution in [-0.4, -0.2) is 17.4 Å². The summed E-state index contributed by atoms with van der Waals surface area (Å²) in [5.41, 5.74) is 1.36. The number of nitrogens with zero attached hydrogens (tertiary/aromatic N) is 1. The van der Waals surface area contributed by atoms with Gasteiger partial charge in [0.1, 0.15) is 0 Å². The summed E-state index contributed by atoms with van der Waals surface area (Å²) >= 11 is 1.47. The van der Waals surface area contributed by atoms with Crippen molar-refractivity contribution in [2.75, 3.05) is 6.54 Å². The van der Waals surface area contributed by atoms with Gasteiger partial charge in [0.2, 0.25) is 0 Å². The van der Waals surface area contributed by atoms with Crippen LogP contribution in [0.2, 0.25) is 0 Å². The molecular formula is C14H14N2OS. The van der Waals surface area contributed by atoms with Gasteiger partial charge in [0.25, 0.3) is 5.91 Å². The van der Waals surface area contributed by atoms with Crippen molar-refractivity contribution < 1.29 is 4.79 Å². The normalized spacial score (nSPS) is 16.2. The number of pyridine rings is 1. The number of thiophene rings is 1. The third kappa shape index (κ3) is 2.16. The predicted molar refractivity (Wildman–Crippen MR) is 71.8 cm³/mol. The first-order valence-corrected chi connectivity index (χ1v) is 6.90. The van der Waals surface area contributed by atoms with Crippen LogP contribution in [0, 0.1) is 0 Å². The third-order valence-electron chi connectivity index (χ3n) is 3.46. The van der Waals surface area contributed by atoms with Gasteiger partial charge >= 0.3 is 0 Å². The molecule has 0 radical (unpaired) electrons. The van der Waals surface area contributed by atoms with Crippen molar-refractivity contribution in [3.8, 4) is 0 Å². The molecule has 1 aliphatic carbocycles. The number of hydrogen-bond acceptors (Lipinski definition) is 3. The molecule has 0 aromatic carbocycles. The van der Waals surface area contributed by atoms with Crippen LogP contribution >= 0.6 is 11.3 Å². The van der Waals surface area contributed by atoms with Crippen molar-refractivity contribution in [3.63, 3.8) is 0 Å². The SMILES string of the molecule is O=C(NCC1(c2cccnc2)CC1)c1cccs1. The van der Waals surface area contributed by atoms with Gasteiger partial charge in [0, 0.05) is 24.4 Å². The number of nitrogens with one attached hydrogen (secondary N) is 1. The van der Waals surface area contributed by atoms with Gasteiger partial charge in [0.15, 0.2) is 0 Å². The van der Waals surface area contributed by atoms with Crippen molar-refractivity contribution in [2.45, 2.75) is 18.3 Å². The van der Waals surface area contributed by atoms with Crippen molar-refractivity contribution in [1.82, 2.24) is 10.3 Å². The quantitative estimate of drug-likeness (QED) is 0.916. The number of hydrogen-bond donors (Lipinski definition) is 1. The van der Waals surface area contributed by atoms with Crippen LogP contribution in [0.15, 0.2) is 42.0 Å². The lowest BCUT2D eigenvalue weighted by Gasteiger charge is -2.15. The molecule has 2 aromatic heterocycles. The predicted octanol–water partition coefficient (Wildman–Crippen LogP) is 2.60. The number of carbonyl (C=O) groups excluding carboxylic acids is 1. The Labute approximate surface area is 110 Å². The van der Waals surface area contributed by atoms with Crippen molar-refractivity contribution in [2.24, 2.45) is 0 Å². The van der Waals surface area contributed by atoms with Crippen LogP contribution in [0.5, 0.6) is 0 Å². The molecule has 0 atom stereocenters. The highest BCUT2D eigenvalue weighted by atomic mass is 32.1. The zero-order valence-electron chi connectivity index (χ0n) is 9.93. The Kier molecular flexibility index (Phi) is 2.88. The van der Waals surface area contributed by atoms with Gasteiger partial charge in [0.05, 0.1) is 4.88 Å². The first kappa shape index (κ1) is 11.4. The first-order chi connectivity index (χ1) is 8.80. The molecule has 2 heterocycles. The smallest absolute Gasteiger partial charge is 0.261 e. The zero-order valence-corrected chi connectivity index (χ0v) is 10.7. The fraction of sp³-hybridized carbons (Fsp3) is 0.286. The van der Waals surface area contributed by atoms with Gasteiger partial charge in [-0.15, -0.1) is 11.3 Å². The number of aromatic nitrogens is 1. The average molecular weight is 258 g/mol. The van der Waals surface area contributed by atoms with E-state index in [1.54, 1.807) is 6.20 Å². The molecule has 4 heteroatoms. The molecule has 3 rings (SSSR count). The third-order valence-corrected chi connectivity index (χ3v) is 4.33. The molecule has 1 N–H and O–H groups in total. The lowest BCUT2D eigenvalue weighted by Crippen LogP contribution is -2.31. The van der Waals surface area contributed by atoms with E-state index in [4.69, 9.17) is 0 Å². The van der Waals surface area contributed by atoms with Crippen molar-refractivity contribution >= 4 is 17.2 Å². The zero-order chi connectivity index (χ0) is 12.4. The molecule has 3 nitrogen and oxygen atoms in total. The molecule has 0 saturated heterocycles. The highest BCUT2D eigenvalue weighted by Gasteiger charge is 2.44. The number of amides is 1. The van der Waals surface area contributed by atoms with E-state index in [1.165, 1.54) is 16.9 Å². The van der Waals surface area contributed by atoms with Crippen LogP contribution < -0.4 is 5.32 Å². The molecule has 1 amide bonds. The molecule has 1 fully saturated rings. The van der Waals surface area contributed by atoms with E-state index in [-0.39, 0.29) is 11.3 Å². The van der Waals surface area contributed by atoms with Gasteiger partial charge in [-0.3, -0.25) is 9.78 Å². The molecule has 2 aromatic rings. The minimum Gasteiger partial charge on any atom is -0.350 e. The Hall–Kier alpha value is -1.68. The van der Waals surface area contributed by atoms with E-state index in [2.05, 4.69) is 16.4 Å². The fourth-order valence-electron chi connectivity index (χ4n) is 2.14. The molecule has 1 saturated carbocycles. The Morgan fingerprint density at radius 2 is 2.28 bits per heavy atom. The summed E-state index contributed by atoms with van der Waals surface area (Å²) in [6.45, 7) is 0.704. The second kappa shape index (κ2) is 4.53. The van der Waals surface area contributed by atoms with Gasteiger partial charge < -0.3 is 5.32 Å². The molecule has 92 valence electrons. The highest BCUT2D eigenvalue weighted by molar-refractivity contribution is 7.12. The summed E-state index contributed by atoms with van der Waals surface area (Å²) < 4.78 is 0. The van der Waals surface area contributed by atoms with E-state index in [0.717, 1.165) is 17.7 Å². The van der Waals surface area contributed by atoms with E-state index in [1.807, 2.05) is 29.8 Å². The van der Waals surface area contributed by atoms with Crippen molar-refractivity contribution in [3.05, 3.63) is 52.5 Å². The summed E-state index contributed by atoms with van der Waals surface area (Å²) in [4.78, 5) is 16.8. The van der Waals surface area contributed by atoms with E-state index in [9.17, 15) is 4.79 Å². The van der Waals surface area contributed by atoms with Gasteiger partial charge in [-0.2, -0.15) is 0 Å². The van der Waals surface area contributed by atoms with Crippen LogP contribution in [-0.2, 0) is 5.41 Å². The fourth-order valence-corrected chi connectivity index (χ4v) is 2.78. The Morgan fingerprint density at radius 3 is 2.89 bits per heavy atom. The number of rotatable bonds is 4. The summed E-state index contributed by atoms with van der Waals surface area (Å²) in [7, 11) is 0. The van der Waals surface area contributed by atoms with Gasteiger partial charge in [-0.1, -0.05) is 12.1 Å². The Balaban J connectivity index is 1.66. The summed E-state index contributed by atoms with van der Waals surface area (Å²) in [5.74, 6) is 0.0279. The molecule has 1 aliphatic rings. The molecule has 0 unspecified atom stereocenters. The molecular weight excluding hydrogens is 244 g/mol. The van der Waals surface area contributed by atoms with Crippen LogP contribution in [0.3, 0.4) is 0 Å². The maximum absolute atomic E-state index is 11.9. The maximum Gasteiger partial charge on any atom is 0.261 e. The van der Waals surface area contributed by atoms with E-state index < -0.39 is 0 Å². The van der Waals surface area contributed by atoms with E-state index >= 15 is 0 Å². The molecule has 18 heavy (non-hydrogen) atoms. The standard InChI is InChI=1S/C14H14N2OS/c17-13(12-4-2-8-18-12)16-10-14(5-6-14)11-3-1-7-15-9-11/h1-4,7-9H,5-6,10H2,(H,16,17). The van der Waals surface area contributed by atoms with Gasteiger partial charge in [-0.05, 0) is 35.9 Å². The minimum atomic E-state index is 0.0279. The molecule has 0 spiro atoms. The van der Waals surface area contributed by atoms with Crippen molar-refractivity contribution in [1.29, 1.82) is 0 Å². The Morgan fingerprint density at radius 1 is 1.39 bits per heavy atom. The van der Waals surface area contributed by atoms with Crippen LogP contribution in [0.4, 0.5) is 0 Å². The molecule has 0 bridgehead atoms.